The number of nitrogens with one attached hydrogen (secondary N) is 1. The Kier molecular flexibility index (Phi) is 8.51. The van der Waals surface area contributed by atoms with Gasteiger partial charge in [-0.2, -0.15) is 10.2 Å². The fourth-order valence-corrected chi connectivity index (χ4v) is 5.18. The van der Waals surface area contributed by atoms with Crippen molar-refractivity contribution in [3.8, 4) is 22.4 Å². The van der Waals surface area contributed by atoms with Gasteiger partial charge in [0.2, 0.25) is 0 Å². The van der Waals surface area contributed by atoms with Crippen LogP contribution in [0.1, 0.15) is 41.4 Å². The Hall–Kier alpha value is -3.36. The van der Waals surface area contributed by atoms with Crippen LogP contribution < -0.4 is 5.32 Å². The number of thioether (sulfide) groups is 1. The Morgan fingerprint density at radius 1 is 1.11 bits per heavy atom. The maximum absolute atomic E-state index is 13.4. The largest absolute Gasteiger partial charge is 0.346 e. The van der Waals surface area contributed by atoms with Crippen LogP contribution in [0.25, 0.3) is 22.4 Å². The minimum absolute atomic E-state index is 0.0661. The van der Waals surface area contributed by atoms with Crippen LogP contribution in [0.2, 0.25) is 0 Å². The fourth-order valence-electron chi connectivity index (χ4n) is 4.12. The van der Waals surface area contributed by atoms with Crippen LogP contribution in [0.3, 0.4) is 0 Å². The molecule has 2 heterocycles. The summed E-state index contributed by atoms with van der Waals surface area (Å²) in [6, 6.07) is 14.3. The summed E-state index contributed by atoms with van der Waals surface area (Å²) >= 11 is 1.77. The molecule has 37 heavy (non-hydrogen) atoms. The number of aryl methyl sites for hydroxylation is 3. The van der Waals surface area contributed by atoms with Crippen LogP contribution in [-0.2, 0) is 13.6 Å². The lowest BCUT2D eigenvalue weighted by Crippen LogP contribution is -2.27. The average molecular weight is 517 g/mol. The van der Waals surface area contributed by atoms with Crippen LogP contribution >= 0.6 is 11.8 Å². The summed E-state index contributed by atoms with van der Waals surface area (Å²) in [6.07, 6.45) is 5.85. The van der Waals surface area contributed by atoms with E-state index in [1.165, 1.54) is 0 Å². The van der Waals surface area contributed by atoms with Crippen molar-refractivity contribution in [3.63, 3.8) is 0 Å². The molecule has 1 amide bonds. The van der Waals surface area contributed by atoms with Gasteiger partial charge >= 0.3 is 0 Å². The molecular weight excluding hydrogens is 480 g/mol. The highest BCUT2D eigenvalue weighted by Gasteiger charge is 2.17. The minimum Gasteiger partial charge on any atom is -0.346 e. The molecule has 0 aliphatic rings. The Bertz CT molecular complexity index is 1370. The first-order valence-corrected chi connectivity index (χ1v) is 13.6. The highest BCUT2D eigenvalue weighted by Crippen LogP contribution is 2.30. The summed E-state index contributed by atoms with van der Waals surface area (Å²) in [5.74, 6) is 0.911. The molecule has 0 saturated heterocycles. The molecule has 7 nitrogen and oxygen atoms in total. The number of carbonyl (C=O) groups is 1. The van der Waals surface area contributed by atoms with Crippen LogP contribution in [0.15, 0.2) is 66.0 Å². The van der Waals surface area contributed by atoms with Gasteiger partial charge in [-0.05, 0) is 88.0 Å². The van der Waals surface area contributed by atoms with Gasteiger partial charge in [-0.15, -0.1) is 11.8 Å². The number of carbonyl (C=O) groups excluding carboxylic acids is 1. The molecule has 1 N–H and O–H groups in total. The van der Waals surface area contributed by atoms with E-state index in [-0.39, 0.29) is 11.9 Å². The molecule has 8 heteroatoms. The Balaban J connectivity index is 1.60. The number of aromatic nitrogens is 4. The highest BCUT2D eigenvalue weighted by molar-refractivity contribution is 7.99. The van der Waals surface area contributed by atoms with Gasteiger partial charge in [0.05, 0.1) is 17.9 Å². The van der Waals surface area contributed by atoms with E-state index < -0.39 is 0 Å². The molecule has 0 saturated carbocycles. The second-order valence-corrected chi connectivity index (χ2v) is 10.8. The van der Waals surface area contributed by atoms with E-state index in [0.717, 1.165) is 57.2 Å². The third-order valence-corrected chi connectivity index (χ3v) is 7.34. The van der Waals surface area contributed by atoms with Crippen LogP contribution in [-0.4, -0.2) is 56.8 Å². The topological polar surface area (TPSA) is 68.0 Å². The zero-order valence-corrected chi connectivity index (χ0v) is 23.3. The van der Waals surface area contributed by atoms with Gasteiger partial charge in [0, 0.05) is 59.9 Å². The summed E-state index contributed by atoms with van der Waals surface area (Å²) < 4.78 is 3.72. The monoisotopic (exact) mass is 516 g/mol. The molecule has 4 aromatic rings. The van der Waals surface area contributed by atoms with Gasteiger partial charge in [0.15, 0.2) is 0 Å². The third kappa shape index (κ3) is 6.70. The number of benzene rings is 2. The highest BCUT2D eigenvalue weighted by atomic mass is 32.2. The number of rotatable bonds is 10. The first-order chi connectivity index (χ1) is 17.7. The Morgan fingerprint density at radius 2 is 1.89 bits per heavy atom. The average Bonchev–Trinajstić information content (AvgIpc) is 3.53. The molecule has 1 atom stereocenters. The lowest BCUT2D eigenvalue weighted by molar-refractivity contribution is 0.0939. The van der Waals surface area contributed by atoms with E-state index in [0.29, 0.717) is 5.56 Å². The molecule has 0 radical (unpaired) electrons. The predicted molar refractivity (Wildman–Crippen MR) is 152 cm³/mol. The molecule has 0 fully saturated rings. The van der Waals surface area contributed by atoms with E-state index in [9.17, 15) is 4.79 Å². The second-order valence-electron chi connectivity index (χ2n) is 9.63. The van der Waals surface area contributed by atoms with Crippen molar-refractivity contribution in [2.45, 2.75) is 38.3 Å². The first-order valence-electron chi connectivity index (χ1n) is 12.6. The zero-order chi connectivity index (χ0) is 26.5. The van der Waals surface area contributed by atoms with Gasteiger partial charge in [-0.1, -0.05) is 6.07 Å². The van der Waals surface area contributed by atoms with Crippen LogP contribution in [0, 0.1) is 6.92 Å². The van der Waals surface area contributed by atoms with Gasteiger partial charge in [0.1, 0.15) is 0 Å². The SMILES string of the molecule is CCn1ccc(-c2cc(-c3cnn(C)c3)cc([C@@H](C)NC(=O)c3cc(SCCN(C)C)ccc3C)c2)n1. The normalized spacial score (nSPS) is 12.2. The molecule has 194 valence electrons. The standard InChI is InChI=1S/C29H36N6OS/c1-7-35-11-10-28(32-35)24-15-22(14-23(16-24)25-18-30-34(6)19-25)21(3)31-29(36)27-17-26(9-8-20(27)2)37-13-12-33(4)5/h8-11,14-19,21H,7,12-13H2,1-6H3,(H,31,36)/t21-/m1/s1. The molecule has 0 aliphatic carbocycles. The van der Waals surface area contributed by atoms with Crippen molar-refractivity contribution in [3.05, 3.63) is 77.7 Å². The molecule has 0 aliphatic heterocycles. The minimum atomic E-state index is -0.194. The van der Waals surface area contributed by atoms with Crippen molar-refractivity contribution in [1.29, 1.82) is 0 Å². The lowest BCUT2D eigenvalue weighted by Gasteiger charge is -2.18. The van der Waals surface area contributed by atoms with Crippen molar-refractivity contribution in [2.24, 2.45) is 7.05 Å². The number of amides is 1. The zero-order valence-electron chi connectivity index (χ0n) is 22.5. The molecule has 0 spiro atoms. The third-order valence-electron chi connectivity index (χ3n) is 6.36. The number of nitrogens with zero attached hydrogens (tertiary/aromatic N) is 5. The quantitative estimate of drug-likeness (QED) is 0.285. The van der Waals surface area contributed by atoms with Crippen molar-refractivity contribution < 1.29 is 4.79 Å². The number of hydrogen-bond acceptors (Lipinski definition) is 5. The molecule has 0 unspecified atom stereocenters. The van der Waals surface area contributed by atoms with Crippen LogP contribution in [0.5, 0.6) is 0 Å². The fraction of sp³-hybridized carbons (Fsp3) is 0.345. The van der Waals surface area contributed by atoms with E-state index >= 15 is 0 Å². The molecule has 0 bridgehead atoms. The molecule has 2 aromatic heterocycles. The Labute approximate surface area is 223 Å². The van der Waals surface area contributed by atoms with E-state index in [2.05, 4.69) is 60.6 Å². The summed E-state index contributed by atoms with van der Waals surface area (Å²) in [6.45, 7) is 7.89. The number of hydrogen-bond donors (Lipinski definition) is 1. The lowest BCUT2D eigenvalue weighted by atomic mass is 9.96. The van der Waals surface area contributed by atoms with Gasteiger partial charge in [-0.3, -0.25) is 14.2 Å². The maximum atomic E-state index is 13.4. The first kappa shape index (κ1) is 26.7. The summed E-state index contributed by atoms with van der Waals surface area (Å²) in [7, 11) is 6.05. The molecular formula is C29H36N6OS. The van der Waals surface area contributed by atoms with Gasteiger partial charge in [0.25, 0.3) is 5.91 Å². The molecule has 4 rings (SSSR count). The predicted octanol–water partition coefficient (Wildman–Crippen LogP) is 5.42. The van der Waals surface area contributed by atoms with Crippen LogP contribution in [0.4, 0.5) is 0 Å². The van der Waals surface area contributed by atoms with E-state index in [1.54, 1.807) is 16.4 Å². The van der Waals surface area contributed by atoms with Crippen molar-refractivity contribution in [2.75, 3.05) is 26.4 Å². The van der Waals surface area contributed by atoms with Gasteiger partial charge < -0.3 is 10.2 Å². The summed E-state index contributed by atoms with van der Waals surface area (Å²) in [5, 5.41) is 12.3. The summed E-state index contributed by atoms with van der Waals surface area (Å²) in [5.41, 5.74) is 6.69. The second kappa shape index (κ2) is 11.8. The van der Waals surface area contributed by atoms with Crippen molar-refractivity contribution >= 4 is 17.7 Å². The van der Waals surface area contributed by atoms with Crippen molar-refractivity contribution in [1.82, 2.24) is 29.8 Å². The Morgan fingerprint density at radius 3 is 2.57 bits per heavy atom. The summed E-state index contributed by atoms with van der Waals surface area (Å²) in [4.78, 5) is 16.7. The smallest absolute Gasteiger partial charge is 0.252 e. The van der Waals surface area contributed by atoms with E-state index in [1.807, 2.05) is 62.4 Å². The van der Waals surface area contributed by atoms with Gasteiger partial charge in [-0.25, -0.2) is 0 Å². The maximum Gasteiger partial charge on any atom is 0.252 e. The molecule has 2 aromatic carbocycles. The van der Waals surface area contributed by atoms with E-state index in [4.69, 9.17) is 5.10 Å².